The predicted octanol–water partition coefficient (Wildman–Crippen LogP) is 3.19. The van der Waals surface area contributed by atoms with Gasteiger partial charge in [-0.15, -0.1) is 0 Å². The quantitative estimate of drug-likeness (QED) is 0.722. The Labute approximate surface area is 124 Å². The largest absolute Gasteiger partial charge is 0.369 e. The minimum absolute atomic E-state index is 0.465. The topological polar surface area (TPSA) is 34.0 Å². The molecule has 1 atom stereocenters. The van der Waals surface area contributed by atoms with Crippen molar-refractivity contribution >= 4 is 16.6 Å². The average Bonchev–Trinajstić information content (AvgIpc) is 3.17. The fourth-order valence-corrected chi connectivity index (χ4v) is 3.22. The summed E-state index contributed by atoms with van der Waals surface area (Å²) in [5.41, 5.74) is 3.45. The number of aromatic nitrogens is 3. The van der Waals surface area contributed by atoms with Gasteiger partial charge in [0, 0.05) is 42.3 Å². The number of benzene rings is 1. The predicted molar refractivity (Wildman–Crippen MR) is 84.6 cm³/mol. The fourth-order valence-electron chi connectivity index (χ4n) is 3.22. The second kappa shape index (κ2) is 4.88. The molecule has 4 nitrogen and oxygen atoms in total. The summed E-state index contributed by atoms with van der Waals surface area (Å²) in [6.45, 7) is 4.14. The summed E-state index contributed by atoms with van der Waals surface area (Å²) in [7, 11) is 0. The number of hydrogen-bond donors (Lipinski definition) is 0. The smallest absolute Gasteiger partial charge is 0.0726 e. The van der Waals surface area contributed by atoms with E-state index in [-0.39, 0.29) is 0 Å². The lowest BCUT2D eigenvalue weighted by atomic mass is 10.1. The van der Waals surface area contributed by atoms with Crippen LogP contribution in [0.15, 0.2) is 48.8 Å². The van der Waals surface area contributed by atoms with Crippen LogP contribution in [-0.2, 0) is 0 Å². The zero-order chi connectivity index (χ0) is 14.2. The van der Waals surface area contributed by atoms with Gasteiger partial charge in [-0.3, -0.25) is 9.67 Å². The summed E-state index contributed by atoms with van der Waals surface area (Å²) in [6.07, 6.45) is 5.05. The molecule has 0 N–H and O–H groups in total. The normalized spacial score (nSPS) is 18.5. The van der Waals surface area contributed by atoms with Crippen LogP contribution in [0.25, 0.3) is 10.9 Å². The lowest BCUT2D eigenvalue weighted by Gasteiger charge is -2.21. The van der Waals surface area contributed by atoms with Crippen LogP contribution in [0.4, 0.5) is 5.69 Å². The van der Waals surface area contributed by atoms with E-state index in [1.54, 1.807) is 0 Å². The fraction of sp³-hybridized carbons (Fsp3) is 0.294. The Morgan fingerprint density at radius 2 is 2.10 bits per heavy atom. The highest BCUT2D eigenvalue weighted by Crippen LogP contribution is 2.32. The highest BCUT2D eigenvalue weighted by atomic mass is 15.3. The lowest BCUT2D eigenvalue weighted by molar-refractivity contribution is 0.495. The number of hydrogen-bond acceptors (Lipinski definition) is 3. The number of anilines is 1. The van der Waals surface area contributed by atoms with Gasteiger partial charge in [0.1, 0.15) is 0 Å². The van der Waals surface area contributed by atoms with E-state index in [4.69, 9.17) is 0 Å². The van der Waals surface area contributed by atoms with E-state index >= 15 is 0 Å². The minimum atomic E-state index is 0.465. The Hall–Kier alpha value is -2.36. The van der Waals surface area contributed by atoms with Crippen molar-refractivity contribution in [3.8, 4) is 0 Å². The molecular weight excluding hydrogens is 260 g/mol. The first-order valence-electron chi connectivity index (χ1n) is 7.42. The average molecular weight is 278 g/mol. The number of aryl methyl sites for hydroxylation is 1. The van der Waals surface area contributed by atoms with E-state index in [0.29, 0.717) is 6.04 Å². The first-order chi connectivity index (χ1) is 10.3. The van der Waals surface area contributed by atoms with E-state index in [0.717, 1.165) is 30.7 Å². The van der Waals surface area contributed by atoms with E-state index < -0.39 is 0 Å². The van der Waals surface area contributed by atoms with Crippen molar-refractivity contribution in [3.63, 3.8) is 0 Å². The third-order valence-electron chi connectivity index (χ3n) is 4.23. The van der Waals surface area contributed by atoms with Crippen LogP contribution in [0, 0.1) is 6.92 Å². The van der Waals surface area contributed by atoms with E-state index in [1.807, 2.05) is 12.3 Å². The minimum Gasteiger partial charge on any atom is -0.369 e. The zero-order valence-corrected chi connectivity index (χ0v) is 12.1. The molecular formula is C17H18N4. The maximum absolute atomic E-state index is 4.63. The SMILES string of the molecule is Cc1cc(N2CCC(n3cccn3)C2)c2ccccc2n1. The zero-order valence-electron chi connectivity index (χ0n) is 12.1. The van der Waals surface area contributed by atoms with Gasteiger partial charge in [-0.25, -0.2) is 0 Å². The molecule has 4 heteroatoms. The van der Waals surface area contributed by atoms with Crippen LogP contribution in [0.3, 0.4) is 0 Å². The van der Waals surface area contributed by atoms with Crippen molar-refractivity contribution in [3.05, 3.63) is 54.5 Å². The van der Waals surface area contributed by atoms with Gasteiger partial charge in [0.05, 0.1) is 11.6 Å². The van der Waals surface area contributed by atoms with E-state index in [9.17, 15) is 0 Å². The summed E-state index contributed by atoms with van der Waals surface area (Å²) in [5, 5.41) is 5.62. The lowest BCUT2D eigenvalue weighted by Crippen LogP contribution is -2.21. The Morgan fingerprint density at radius 3 is 2.95 bits per heavy atom. The van der Waals surface area contributed by atoms with Crippen LogP contribution in [0.5, 0.6) is 0 Å². The summed E-state index contributed by atoms with van der Waals surface area (Å²) in [4.78, 5) is 7.09. The molecule has 1 aliphatic heterocycles. The van der Waals surface area contributed by atoms with Crippen molar-refractivity contribution in [1.29, 1.82) is 0 Å². The van der Waals surface area contributed by atoms with Crippen LogP contribution < -0.4 is 4.90 Å². The van der Waals surface area contributed by atoms with Crippen molar-refractivity contribution in [2.75, 3.05) is 18.0 Å². The van der Waals surface area contributed by atoms with Gasteiger partial charge in [0.15, 0.2) is 0 Å². The molecule has 106 valence electrons. The summed E-state index contributed by atoms with van der Waals surface area (Å²) in [5.74, 6) is 0. The molecule has 1 unspecified atom stereocenters. The third kappa shape index (κ3) is 2.17. The maximum atomic E-state index is 4.63. The molecule has 0 amide bonds. The van der Waals surface area contributed by atoms with Crippen LogP contribution in [0.2, 0.25) is 0 Å². The molecule has 1 fully saturated rings. The van der Waals surface area contributed by atoms with Crippen molar-refractivity contribution in [2.24, 2.45) is 0 Å². The molecule has 0 bridgehead atoms. The van der Waals surface area contributed by atoms with Gasteiger partial charge in [-0.05, 0) is 31.5 Å². The number of para-hydroxylation sites is 1. The van der Waals surface area contributed by atoms with Gasteiger partial charge in [-0.2, -0.15) is 5.10 Å². The van der Waals surface area contributed by atoms with Gasteiger partial charge >= 0.3 is 0 Å². The molecule has 1 saturated heterocycles. The molecule has 0 saturated carbocycles. The van der Waals surface area contributed by atoms with Crippen LogP contribution in [-0.4, -0.2) is 27.9 Å². The third-order valence-corrected chi connectivity index (χ3v) is 4.23. The highest BCUT2D eigenvalue weighted by Gasteiger charge is 2.25. The summed E-state index contributed by atoms with van der Waals surface area (Å²) < 4.78 is 2.08. The number of pyridine rings is 1. The Morgan fingerprint density at radius 1 is 1.19 bits per heavy atom. The molecule has 4 rings (SSSR count). The Bertz CT molecular complexity index is 764. The van der Waals surface area contributed by atoms with Crippen LogP contribution in [0.1, 0.15) is 18.2 Å². The molecule has 0 spiro atoms. The van der Waals surface area contributed by atoms with Gasteiger partial charge in [0.2, 0.25) is 0 Å². The molecule has 3 aromatic rings. The Kier molecular flexibility index (Phi) is 2.88. The summed E-state index contributed by atoms with van der Waals surface area (Å²) >= 11 is 0. The maximum Gasteiger partial charge on any atom is 0.0726 e. The summed E-state index contributed by atoms with van der Waals surface area (Å²) in [6, 6.07) is 13.1. The molecule has 1 aliphatic rings. The molecule has 0 aliphatic carbocycles. The second-order valence-corrected chi connectivity index (χ2v) is 5.67. The van der Waals surface area contributed by atoms with Crippen molar-refractivity contribution < 1.29 is 0 Å². The van der Waals surface area contributed by atoms with Crippen molar-refractivity contribution in [2.45, 2.75) is 19.4 Å². The molecule has 2 aromatic heterocycles. The standard InChI is InChI=1S/C17H18N4/c1-13-11-17(15-5-2-3-6-16(15)19-13)20-10-7-14(12-20)21-9-4-8-18-21/h2-6,8-9,11,14H,7,10,12H2,1H3. The molecule has 0 radical (unpaired) electrons. The number of rotatable bonds is 2. The van der Waals surface area contributed by atoms with Gasteiger partial charge in [0.25, 0.3) is 0 Å². The Balaban J connectivity index is 1.71. The van der Waals surface area contributed by atoms with Gasteiger partial charge < -0.3 is 4.90 Å². The van der Waals surface area contributed by atoms with Crippen LogP contribution >= 0.6 is 0 Å². The molecule has 1 aromatic carbocycles. The first kappa shape index (κ1) is 12.4. The van der Waals surface area contributed by atoms with E-state index in [1.165, 1.54) is 11.1 Å². The number of nitrogens with zero attached hydrogens (tertiary/aromatic N) is 4. The molecule has 3 heterocycles. The number of fused-ring (bicyclic) bond motifs is 1. The second-order valence-electron chi connectivity index (χ2n) is 5.67. The molecule has 21 heavy (non-hydrogen) atoms. The first-order valence-corrected chi connectivity index (χ1v) is 7.42. The van der Waals surface area contributed by atoms with Gasteiger partial charge in [-0.1, -0.05) is 18.2 Å². The highest BCUT2D eigenvalue weighted by molar-refractivity contribution is 5.92. The van der Waals surface area contributed by atoms with E-state index in [2.05, 4.69) is 63.1 Å². The monoisotopic (exact) mass is 278 g/mol. The van der Waals surface area contributed by atoms with Crippen molar-refractivity contribution in [1.82, 2.24) is 14.8 Å².